The number of benzene rings is 2. The van der Waals surface area contributed by atoms with Gasteiger partial charge >= 0.3 is 0 Å². The molecule has 0 amide bonds. The lowest BCUT2D eigenvalue weighted by Crippen LogP contribution is -2.23. The monoisotopic (exact) mass is 339 g/mol. The molecular weight excluding hydrogens is 317 g/mol. The van der Waals surface area contributed by atoms with Gasteiger partial charge in [0.25, 0.3) is 0 Å². The van der Waals surface area contributed by atoms with Crippen LogP contribution in [0, 0.1) is 17.1 Å². The summed E-state index contributed by atoms with van der Waals surface area (Å²) in [6, 6.07) is 12.1. The van der Waals surface area contributed by atoms with Crippen LogP contribution in [-0.2, 0) is 6.54 Å². The molecule has 0 aromatic heterocycles. The number of ketones is 1. The molecule has 0 radical (unpaired) electrons. The van der Waals surface area contributed by atoms with E-state index in [4.69, 9.17) is 0 Å². The van der Waals surface area contributed by atoms with E-state index >= 15 is 0 Å². The summed E-state index contributed by atoms with van der Waals surface area (Å²) in [7, 11) is 0. The molecule has 2 rings (SSSR count). The van der Waals surface area contributed by atoms with Crippen molar-refractivity contribution in [3.05, 3.63) is 58.9 Å². The first-order chi connectivity index (χ1) is 12.0. The van der Waals surface area contributed by atoms with E-state index in [1.54, 1.807) is 24.3 Å². The minimum atomic E-state index is -0.263. The summed E-state index contributed by atoms with van der Waals surface area (Å²) in [5.74, 6) is -0.330. The summed E-state index contributed by atoms with van der Waals surface area (Å²) < 4.78 is 14.3. The fourth-order valence-corrected chi connectivity index (χ4v) is 2.69. The van der Waals surface area contributed by atoms with E-state index in [2.05, 4.69) is 11.4 Å². The number of Topliss-reactive ketones (excluding diaryl/α,β-unsaturated/α-hetero) is 1. The summed E-state index contributed by atoms with van der Waals surface area (Å²) >= 11 is 0. The van der Waals surface area contributed by atoms with Gasteiger partial charge in [-0.15, -0.1) is 0 Å². The lowest BCUT2D eigenvalue weighted by Gasteiger charge is -2.22. The Hall–Kier alpha value is -2.87. The molecule has 0 saturated carbocycles. The number of nitrogens with one attached hydrogen (secondary N) is 1. The smallest absolute Gasteiger partial charge is 0.159 e. The Morgan fingerprint density at radius 3 is 2.48 bits per heavy atom. The molecule has 0 aliphatic heterocycles. The normalized spacial score (nSPS) is 10.2. The molecule has 130 valence electrons. The lowest BCUT2D eigenvalue weighted by atomic mass is 10.1. The number of carbonyl (C=O) groups excluding carboxylic acids is 1. The molecule has 1 N–H and O–H groups in total. The van der Waals surface area contributed by atoms with Crippen LogP contribution in [-0.4, -0.2) is 18.9 Å². The number of nitrogens with zero attached hydrogens (tertiary/aromatic N) is 2. The first kappa shape index (κ1) is 18.5. The predicted molar refractivity (Wildman–Crippen MR) is 98.4 cm³/mol. The largest absolute Gasteiger partial charge is 0.380 e. The highest BCUT2D eigenvalue weighted by atomic mass is 19.1. The molecule has 0 aliphatic rings. The molecule has 0 bridgehead atoms. The second kappa shape index (κ2) is 8.29. The maximum Gasteiger partial charge on any atom is 0.159 e. The van der Waals surface area contributed by atoms with E-state index in [0.29, 0.717) is 29.0 Å². The van der Waals surface area contributed by atoms with Gasteiger partial charge in [-0.2, -0.15) is 5.26 Å². The predicted octanol–water partition coefficient (Wildman–Crippen LogP) is 4.36. The van der Waals surface area contributed by atoms with E-state index in [1.807, 2.05) is 24.8 Å². The first-order valence-electron chi connectivity index (χ1n) is 8.32. The maximum atomic E-state index is 14.3. The van der Waals surface area contributed by atoms with E-state index in [0.717, 1.165) is 18.7 Å². The van der Waals surface area contributed by atoms with Gasteiger partial charge in [0, 0.05) is 25.2 Å². The van der Waals surface area contributed by atoms with Crippen molar-refractivity contribution in [2.75, 3.05) is 23.3 Å². The van der Waals surface area contributed by atoms with Crippen LogP contribution in [0.5, 0.6) is 0 Å². The van der Waals surface area contributed by atoms with E-state index in [-0.39, 0.29) is 11.6 Å². The summed E-state index contributed by atoms with van der Waals surface area (Å²) in [4.78, 5) is 13.5. The molecule has 0 heterocycles. The third-order valence-electron chi connectivity index (χ3n) is 4.15. The average molecular weight is 339 g/mol. The van der Waals surface area contributed by atoms with Crippen LogP contribution in [0.25, 0.3) is 0 Å². The van der Waals surface area contributed by atoms with Crippen LogP contribution < -0.4 is 10.2 Å². The van der Waals surface area contributed by atoms with Crippen molar-refractivity contribution in [3.63, 3.8) is 0 Å². The van der Waals surface area contributed by atoms with E-state index < -0.39 is 0 Å². The summed E-state index contributed by atoms with van der Waals surface area (Å²) in [5, 5.41) is 12.3. The number of nitriles is 1. The number of hydrogen-bond acceptors (Lipinski definition) is 4. The highest BCUT2D eigenvalue weighted by Gasteiger charge is 2.10. The molecule has 5 heteroatoms. The highest BCUT2D eigenvalue weighted by Crippen LogP contribution is 2.22. The third-order valence-corrected chi connectivity index (χ3v) is 4.15. The van der Waals surface area contributed by atoms with Crippen molar-refractivity contribution in [3.8, 4) is 6.07 Å². The van der Waals surface area contributed by atoms with Crippen LogP contribution in [0.1, 0.15) is 42.3 Å². The number of halogens is 1. The Balaban J connectivity index is 2.19. The summed E-state index contributed by atoms with van der Waals surface area (Å²) in [6.45, 7) is 7.31. The highest BCUT2D eigenvalue weighted by molar-refractivity contribution is 5.95. The number of carbonyl (C=O) groups is 1. The molecular formula is C20H22FN3O. The number of hydrogen-bond donors (Lipinski definition) is 1. The fourth-order valence-electron chi connectivity index (χ4n) is 2.69. The molecule has 2 aromatic carbocycles. The van der Waals surface area contributed by atoms with Gasteiger partial charge in [0.15, 0.2) is 5.78 Å². The summed E-state index contributed by atoms with van der Waals surface area (Å²) in [5.41, 5.74) is 2.91. The molecule has 0 saturated heterocycles. The topological polar surface area (TPSA) is 56.1 Å². The second-order valence-electron chi connectivity index (χ2n) is 5.74. The minimum Gasteiger partial charge on any atom is -0.380 e. The SMILES string of the molecule is CCN(CC)c1ccc(CNc2cc(C(C)=O)ccc2C#N)cc1F. The van der Waals surface area contributed by atoms with Crippen molar-refractivity contribution < 1.29 is 9.18 Å². The van der Waals surface area contributed by atoms with E-state index in [9.17, 15) is 14.4 Å². The molecule has 4 nitrogen and oxygen atoms in total. The molecule has 0 fully saturated rings. The fraction of sp³-hybridized carbons (Fsp3) is 0.300. The lowest BCUT2D eigenvalue weighted by molar-refractivity contribution is 0.101. The van der Waals surface area contributed by atoms with Crippen molar-refractivity contribution >= 4 is 17.2 Å². The zero-order valence-corrected chi connectivity index (χ0v) is 14.8. The maximum absolute atomic E-state index is 14.3. The van der Waals surface area contributed by atoms with E-state index in [1.165, 1.54) is 13.0 Å². The molecule has 0 aliphatic carbocycles. The van der Waals surface area contributed by atoms with Gasteiger partial charge < -0.3 is 10.2 Å². The van der Waals surface area contributed by atoms with Gasteiger partial charge in [-0.25, -0.2) is 4.39 Å². The van der Waals surface area contributed by atoms with Gasteiger partial charge in [-0.3, -0.25) is 4.79 Å². The van der Waals surface area contributed by atoms with Crippen molar-refractivity contribution in [1.82, 2.24) is 0 Å². The van der Waals surface area contributed by atoms with Crippen LogP contribution in [0.2, 0.25) is 0 Å². The Bertz CT molecular complexity index is 807. The Morgan fingerprint density at radius 2 is 1.92 bits per heavy atom. The summed E-state index contributed by atoms with van der Waals surface area (Å²) in [6.07, 6.45) is 0. The molecule has 0 unspecified atom stereocenters. The van der Waals surface area contributed by atoms with Gasteiger partial charge in [0.2, 0.25) is 0 Å². The minimum absolute atomic E-state index is 0.0674. The quantitative estimate of drug-likeness (QED) is 0.762. The van der Waals surface area contributed by atoms with Crippen LogP contribution in [0.4, 0.5) is 15.8 Å². The second-order valence-corrected chi connectivity index (χ2v) is 5.74. The van der Waals surface area contributed by atoms with Crippen molar-refractivity contribution in [1.29, 1.82) is 5.26 Å². The zero-order valence-electron chi connectivity index (χ0n) is 14.8. The molecule has 0 spiro atoms. The molecule has 25 heavy (non-hydrogen) atoms. The van der Waals surface area contributed by atoms with Gasteiger partial charge in [0.1, 0.15) is 11.9 Å². The van der Waals surface area contributed by atoms with Crippen LogP contribution >= 0.6 is 0 Å². The van der Waals surface area contributed by atoms with Crippen LogP contribution in [0.15, 0.2) is 36.4 Å². The number of rotatable bonds is 7. The van der Waals surface area contributed by atoms with Gasteiger partial charge in [0.05, 0.1) is 16.9 Å². The Morgan fingerprint density at radius 1 is 1.20 bits per heavy atom. The van der Waals surface area contributed by atoms with Crippen molar-refractivity contribution in [2.45, 2.75) is 27.3 Å². The first-order valence-corrected chi connectivity index (χ1v) is 8.32. The molecule has 0 atom stereocenters. The standard InChI is InChI=1S/C20H22FN3O/c1-4-24(5-2)20-9-6-15(10-18(20)21)13-23-19-11-16(14(3)25)7-8-17(19)12-22/h6-11,23H,4-5,13H2,1-3H3. The van der Waals surface area contributed by atoms with Crippen LogP contribution in [0.3, 0.4) is 0 Å². The molecule has 2 aromatic rings. The average Bonchev–Trinajstić information content (AvgIpc) is 2.62. The van der Waals surface area contributed by atoms with Gasteiger partial charge in [-0.1, -0.05) is 6.07 Å². The Kier molecular flexibility index (Phi) is 6.13. The Labute approximate surface area is 147 Å². The van der Waals surface area contributed by atoms with Crippen molar-refractivity contribution in [2.24, 2.45) is 0 Å². The van der Waals surface area contributed by atoms with Gasteiger partial charge in [-0.05, 0) is 56.7 Å². The zero-order chi connectivity index (χ0) is 18.4. The third kappa shape index (κ3) is 4.36. The number of anilines is 2.